The molecule has 2 N–H and O–H groups in total. The molecule has 6 heteroatoms. The SMILES string of the molecule is COc1ccc(-c2ccc(F)cc2)cc1[C@@H](C)N[C@H]1CCCN[C@H]1c1ccccc1.Cl.Cl. The van der Waals surface area contributed by atoms with Crippen molar-refractivity contribution < 1.29 is 9.13 Å². The van der Waals surface area contributed by atoms with Gasteiger partial charge >= 0.3 is 0 Å². The Bertz CT molecular complexity index is 969. The fourth-order valence-corrected chi connectivity index (χ4v) is 4.38. The van der Waals surface area contributed by atoms with E-state index >= 15 is 0 Å². The zero-order valence-corrected chi connectivity index (χ0v) is 20.0. The number of halogens is 3. The average Bonchev–Trinajstić information content (AvgIpc) is 2.80. The van der Waals surface area contributed by atoms with Crippen LogP contribution >= 0.6 is 24.8 Å². The van der Waals surface area contributed by atoms with Gasteiger partial charge in [0.05, 0.1) is 7.11 Å². The highest BCUT2D eigenvalue weighted by atomic mass is 35.5. The largest absolute Gasteiger partial charge is 0.496 e. The molecule has 0 spiro atoms. The van der Waals surface area contributed by atoms with E-state index in [1.807, 2.05) is 24.3 Å². The smallest absolute Gasteiger partial charge is 0.123 e. The fraction of sp³-hybridized carbons (Fsp3) is 0.308. The van der Waals surface area contributed by atoms with Crippen molar-refractivity contribution in [3.63, 3.8) is 0 Å². The molecule has 3 aromatic carbocycles. The summed E-state index contributed by atoms with van der Waals surface area (Å²) in [6, 6.07) is 24.2. The van der Waals surface area contributed by atoms with E-state index in [1.165, 1.54) is 17.7 Å². The van der Waals surface area contributed by atoms with Crippen LogP contribution in [0.1, 0.15) is 43.0 Å². The number of rotatable bonds is 6. The lowest BCUT2D eigenvalue weighted by Crippen LogP contribution is -2.46. The maximum absolute atomic E-state index is 13.3. The van der Waals surface area contributed by atoms with Crippen LogP contribution in [0.5, 0.6) is 5.75 Å². The monoisotopic (exact) mass is 476 g/mol. The summed E-state index contributed by atoms with van der Waals surface area (Å²) in [6.45, 7) is 3.22. The summed E-state index contributed by atoms with van der Waals surface area (Å²) < 4.78 is 19.0. The predicted molar refractivity (Wildman–Crippen MR) is 135 cm³/mol. The number of benzene rings is 3. The van der Waals surface area contributed by atoms with E-state index in [9.17, 15) is 4.39 Å². The summed E-state index contributed by atoms with van der Waals surface area (Å²) in [6.07, 6.45) is 2.28. The maximum atomic E-state index is 13.3. The molecule has 3 aromatic rings. The van der Waals surface area contributed by atoms with Crippen LogP contribution in [-0.2, 0) is 0 Å². The second-order valence-corrected chi connectivity index (χ2v) is 7.94. The number of ether oxygens (including phenoxy) is 1. The van der Waals surface area contributed by atoms with Crippen molar-refractivity contribution in [3.05, 3.63) is 89.7 Å². The van der Waals surface area contributed by atoms with Crippen molar-refractivity contribution in [1.82, 2.24) is 10.6 Å². The Morgan fingerprint density at radius 1 is 0.969 bits per heavy atom. The molecule has 4 rings (SSSR count). The zero-order valence-electron chi connectivity index (χ0n) is 18.4. The highest BCUT2D eigenvalue weighted by molar-refractivity contribution is 5.85. The Labute approximate surface area is 202 Å². The highest BCUT2D eigenvalue weighted by Gasteiger charge is 2.28. The molecule has 3 atom stereocenters. The molecule has 172 valence electrons. The van der Waals surface area contributed by atoms with E-state index in [2.05, 4.69) is 54.0 Å². The van der Waals surface area contributed by atoms with Crippen molar-refractivity contribution in [3.8, 4) is 16.9 Å². The maximum Gasteiger partial charge on any atom is 0.123 e. The zero-order chi connectivity index (χ0) is 20.9. The minimum Gasteiger partial charge on any atom is -0.496 e. The van der Waals surface area contributed by atoms with Crippen molar-refractivity contribution in [2.45, 2.75) is 37.9 Å². The van der Waals surface area contributed by atoms with Crippen LogP contribution in [0.4, 0.5) is 4.39 Å². The van der Waals surface area contributed by atoms with Crippen molar-refractivity contribution in [1.29, 1.82) is 0 Å². The first-order chi connectivity index (χ1) is 14.7. The molecule has 1 fully saturated rings. The van der Waals surface area contributed by atoms with Crippen LogP contribution in [0.3, 0.4) is 0 Å². The van der Waals surface area contributed by atoms with Crippen LogP contribution < -0.4 is 15.4 Å². The van der Waals surface area contributed by atoms with Gasteiger partial charge in [-0.05, 0) is 67.3 Å². The molecule has 0 amide bonds. The van der Waals surface area contributed by atoms with Crippen LogP contribution in [0, 0.1) is 5.82 Å². The fourth-order valence-electron chi connectivity index (χ4n) is 4.38. The van der Waals surface area contributed by atoms with Crippen molar-refractivity contribution in [2.75, 3.05) is 13.7 Å². The van der Waals surface area contributed by atoms with E-state index in [-0.39, 0.29) is 42.7 Å². The topological polar surface area (TPSA) is 33.3 Å². The Kier molecular flexibility index (Phi) is 9.98. The number of hydrogen-bond donors (Lipinski definition) is 2. The van der Waals surface area contributed by atoms with Crippen molar-refractivity contribution >= 4 is 24.8 Å². The first-order valence-electron chi connectivity index (χ1n) is 10.6. The average molecular weight is 477 g/mol. The Balaban J connectivity index is 0.00000181. The first-order valence-corrected chi connectivity index (χ1v) is 10.6. The molecule has 32 heavy (non-hydrogen) atoms. The quantitative estimate of drug-likeness (QED) is 0.426. The number of piperidine rings is 1. The number of hydrogen-bond acceptors (Lipinski definition) is 3. The molecule has 0 unspecified atom stereocenters. The van der Waals surface area contributed by atoms with Gasteiger partial charge in [-0.15, -0.1) is 24.8 Å². The molecule has 0 aliphatic carbocycles. The van der Waals surface area contributed by atoms with E-state index in [1.54, 1.807) is 7.11 Å². The predicted octanol–water partition coefficient (Wildman–Crippen LogP) is 6.49. The molecule has 1 heterocycles. The van der Waals surface area contributed by atoms with Gasteiger partial charge in [0.1, 0.15) is 11.6 Å². The molecule has 1 saturated heterocycles. The van der Waals surface area contributed by atoms with E-state index < -0.39 is 0 Å². The van der Waals surface area contributed by atoms with Gasteiger partial charge in [-0.25, -0.2) is 4.39 Å². The third-order valence-corrected chi connectivity index (χ3v) is 5.96. The Hall–Kier alpha value is -2.11. The highest BCUT2D eigenvalue weighted by Crippen LogP contribution is 2.33. The Morgan fingerprint density at radius 3 is 2.34 bits per heavy atom. The molecule has 0 bridgehead atoms. The molecule has 1 aliphatic rings. The van der Waals surface area contributed by atoms with Gasteiger partial charge in [-0.2, -0.15) is 0 Å². The summed E-state index contributed by atoms with van der Waals surface area (Å²) in [5.41, 5.74) is 4.47. The molecule has 3 nitrogen and oxygen atoms in total. The lowest BCUT2D eigenvalue weighted by Gasteiger charge is -2.36. The van der Waals surface area contributed by atoms with Gasteiger partial charge < -0.3 is 15.4 Å². The molecular weight excluding hydrogens is 446 g/mol. The second-order valence-electron chi connectivity index (χ2n) is 7.94. The molecule has 0 saturated carbocycles. The van der Waals surface area contributed by atoms with Crippen LogP contribution in [-0.4, -0.2) is 19.7 Å². The van der Waals surface area contributed by atoms with Crippen molar-refractivity contribution in [2.24, 2.45) is 0 Å². The third-order valence-electron chi connectivity index (χ3n) is 5.96. The lowest BCUT2D eigenvalue weighted by molar-refractivity contribution is 0.284. The van der Waals surface area contributed by atoms with Gasteiger partial charge in [0.25, 0.3) is 0 Å². The molecule has 0 radical (unpaired) electrons. The number of methoxy groups -OCH3 is 1. The summed E-state index contributed by atoms with van der Waals surface area (Å²) in [5.74, 6) is 0.639. The minimum atomic E-state index is -0.223. The van der Waals surface area contributed by atoms with Crippen LogP contribution in [0.25, 0.3) is 11.1 Å². The van der Waals surface area contributed by atoms with Gasteiger partial charge in [0.2, 0.25) is 0 Å². The normalized spacial score (nSPS) is 18.7. The van der Waals surface area contributed by atoms with E-state index in [4.69, 9.17) is 4.74 Å². The van der Waals surface area contributed by atoms with Gasteiger partial charge in [-0.3, -0.25) is 0 Å². The summed E-state index contributed by atoms with van der Waals surface area (Å²) in [7, 11) is 1.71. The lowest BCUT2D eigenvalue weighted by atomic mass is 9.90. The van der Waals surface area contributed by atoms with Gasteiger partial charge in [0.15, 0.2) is 0 Å². The molecule has 0 aromatic heterocycles. The van der Waals surface area contributed by atoms with Crippen LogP contribution in [0.15, 0.2) is 72.8 Å². The molecular formula is C26H31Cl2FN2O. The second kappa shape index (κ2) is 12.2. The van der Waals surface area contributed by atoms with E-state index in [0.29, 0.717) is 6.04 Å². The van der Waals surface area contributed by atoms with Crippen LogP contribution in [0.2, 0.25) is 0 Å². The summed E-state index contributed by atoms with van der Waals surface area (Å²) in [5, 5.41) is 7.53. The number of nitrogens with one attached hydrogen (secondary N) is 2. The standard InChI is InChI=1S/C26H29FN2O.2ClH/c1-18(29-24-9-6-16-28-26(24)20-7-4-3-5-8-20)23-17-21(12-15-25(23)30-2)19-10-13-22(27)14-11-19;;/h3-5,7-8,10-15,17-18,24,26,28-29H,6,9,16H2,1-2H3;2*1H/t18-,24+,26+;;/m1../s1. The van der Waals surface area contributed by atoms with Gasteiger partial charge in [0, 0.05) is 23.7 Å². The summed E-state index contributed by atoms with van der Waals surface area (Å²) >= 11 is 0. The molecule has 1 aliphatic heterocycles. The van der Waals surface area contributed by atoms with E-state index in [0.717, 1.165) is 41.8 Å². The first kappa shape index (κ1) is 26.1. The third kappa shape index (κ3) is 6.02. The Morgan fingerprint density at radius 2 is 1.66 bits per heavy atom. The summed E-state index contributed by atoms with van der Waals surface area (Å²) in [4.78, 5) is 0. The van der Waals surface area contributed by atoms with Gasteiger partial charge in [-0.1, -0.05) is 48.5 Å². The minimum absolute atomic E-state index is 0.